The van der Waals surface area contributed by atoms with E-state index in [1.165, 1.54) is 6.42 Å². The Labute approximate surface area is 114 Å². The second kappa shape index (κ2) is 7.59. The van der Waals surface area contributed by atoms with Crippen LogP contribution in [0.15, 0.2) is 0 Å². The number of rotatable bonds is 5. The van der Waals surface area contributed by atoms with Crippen LogP contribution in [0.3, 0.4) is 0 Å². The SMILES string of the molecule is CC1CCCC(CN)(CC(=O)NCC(=O)O)C1.Cl. The second-order valence-electron chi connectivity index (χ2n) is 5.25. The first-order chi connectivity index (χ1) is 7.97. The van der Waals surface area contributed by atoms with E-state index in [4.69, 9.17) is 10.8 Å². The molecule has 0 saturated heterocycles. The third-order valence-electron chi connectivity index (χ3n) is 3.59. The number of nitrogens with two attached hydrogens (primary N) is 1. The molecule has 5 nitrogen and oxygen atoms in total. The highest BCUT2D eigenvalue weighted by Gasteiger charge is 2.35. The number of carbonyl (C=O) groups is 2. The summed E-state index contributed by atoms with van der Waals surface area (Å²) in [6.45, 7) is 2.37. The largest absolute Gasteiger partial charge is 0.480 e. The van der Waals surface area contributed by atoms with E-state index >= 15 is 0 Å². The van der Waals surface area contributed by atoms with Crippen molar-refractivity contribution in [3.05, 3.63) is 0 Å². The molecule has 106 valence electrons. The number of carboxylic acids is 1. The molecule has 2 atom stereocenters. The summed E-state index contributed by atoms with van der Waals surface area (Å²) in [4.78, 5) is 22.0. The van der Waals surface area contributed by atoms with Crippen LogP contribution in [0.5, 0.6) is 0 Å². The molecule has 1 amide bonds. The monoisotopic (exact) mass is 278 g/mol. The molecule has 0 spiro atoms. The quantitative estimate of drug-likeness (QED) is 0.703. The first kappa shape index (κ1) is 17.2. The summed E-state index contributed by atoms with van der Waals surface area (Å²) in [6, 6.07) is 0. The van der Waals surface area contributed by atoms with E-state index in [0.29, 0.717) is 18.9 Å². The molecule has 0 radical (unpaired) electrons. The predicted molar refractivity (Wildman–Crippen MR) is 71.6 cm³/mol. The van der Waals surface area contributed by atoms with Crippen LogP contribution < -0.4 is 11.1 Å². The van der Waals surface area contributed by atoms with E-state index in [1.54, 1.807) is 0 Å². The fourth-order valence-electron chi connectivity index (χ4n) is 2.76. The van der Waals surface area contributed by atoms with Gasteiger partial charge in [0.1, 0.15) is 6.54 Å². The topological polar surface area (TPSA) is 92.4 Å². The molecule has 0 heterocycles. The number of hydrogen-bond donors (Lipinski definition) is 3. The van der Waals surface area contributed by atoms with E-state index < -0.39 is 5.97 Å². The molecule has 1 aliphatic carbocycles. The maximum absolute atomic E-state index is 11.7. The van der Waals surface area contributed by atoms with E-state index in [2.05, 4.69) is 12.2 Å². The predicted octanol–water partition coefficient (Wildman–Crippen LogP) is 1.15. The molecule has 1 saturated carbocycles. The number of carboxylic acid groups (broad SMARTS) is 1. The fraction of sp³-hybridized carbons (Fsp3) is 0.833. The highest BCUT2D eigenvalue weighted by atomic mass is 35.5. The Morgan fingerprint density at radius 3 is 2.67 bits per heavy atom. The highest BCUT2D eigenvalue weighted by Crippen LogP contribution is 2.41. The van der Waals surface area contributed by atoms with E-state index in [9.17, 15) is 9.59 Å². The van der Waals surface area contributed by atoms with Gasteiger partial charge in [-0.1, -0.05) is 19.8 Å². The highest BCUT2D eigenvalue weighted by molar-refractivity contribution is 5.85. The van der Waals surface area contributed by atoms with Crippen molar-refractivity contribution in [2.75, 3.05) is 13.1 Å². The summed E-state index contributed by atoms with van der Waals surface area (Å²) in [6.07, 6.45) is 4.57. The van der Waals surface area contributed by atoms with Gasteiger partial charge in [-0.3, -0.25) is 9.59 Å². The minimum Gasteiger partial charge on any atom is -0.480 e. The summed E-state index contributed by atoms with van der Waals surface area (Å²) in [5.41, 5.74) is 5.68. The van der Waals surface area contributed by atoms with Crippen molar-refractivity contribution in [2.24, 2.45) is 17.1 Å². The number of hydrogen-bond acceptors (Lipinski definition) is 3. The first-order valence-corrected chi connectivity index (χ1v) is 6.16. The standard InChI is InChI=1S/C12H22N2O3.ClH/c1-9-3-2-4-12(5-9,8-13)6-10(15)14-7-11(16)17;/h9H,2-8,13H2,1H3,(H,14,15)(H,16,17);1H. The molecular weight excluding hydrogens is 256 g/mol. The Hall–Kier alpha value is -0.810. The summed E-state index contributed by atoms with van der Waals surface area (Å²) in [7, 11) is 0. The van der Waals surface area contributed by atoms with E-state index in [-0.39, 0.29) is 30.3 Å². The zero-order valence-corrected chi connectivity index (χ0v) is 11.6. The number of carbonyl (C=O) groups excluding carboxylic acids is 1. The lowest BCUT2D eigenvalue weighted by molar-refractivity contribution is -0.138. The molecule has 0 bridgehead atoms. The van der Waals surface area contributed by atoms with Gasteiger partial charge in [-0.05, 0) is 30.7 Å². The third kappa shape index (κ3) is 5.23. The molecule has 4 N–H and O–H groups in total. The van der Waals surface area contributed by atoms with Gasteiger partial charge in [0.25, 0.3) is 0 Å². The average molecular weight is 279 g/mol. The number of nitrogens with one attached hydrogen (secondary N) is 1. The maximum atomic E-state index is 11.7. The number of amides is 1. The molecule has 6 heteroatoms. The van der Waals surface area contributed by atoms with Gasteiger partial charge in [0, 0.05) is 6.42 Å². The molecular formula is C12H23ClN2O3. The van der Waals surface area contributed by atoms with E-state index in [0.717, 1.165) is 19.3 Å². The summed E-state index contributed by atoms with van der Waals surface area (Å²) in [5.74, 6) is -0.622. The van der Waals surface area contributed by atoms with Crippen molar-refractivity contribution < 1.29 is 14.7 Å². The van der Waals surface area contributed by atoms with Crippen molar-refractivity contribution in [3.8, 4) is 0 Å². The average Bonchev–Trinajstić information content (AvgIpc) is 2.26. The van der Waals surface area contributed by atoms with Gasteiger partial charge in [-0.15, -0.1) is 12.4 Å². The molecule has 0 aromatic carbocycles. The number of halogens is 1. The number of aliphatic carboxylic acids is 1. The fourth-order valence-corrected chi connectivity index (χ4v) is 2.76. The van der Waals surface area contributed by atoms with Gasteiger partial charge in [0.05, 0.1) is 0 Å². The summed E-state index contributed by atoms with van der Waals surface area (Å²) >= 11 is 0. The van der Waals surface area contributed by atoms with Gasteiger partial charge in [0.15, 0.2) is 0 Å². The van der Waals surface area contributed by atoms with Crippen molar-refractivity contribution in [3.63, 3.8) is 0 Å². The van der Waals surface area contributed by atoms with Crippen LogP contribution in [0.2, 0.25) is 0 Å². The van der Waals surface area contributed by atoms with Gasteiger partial charge < -0.3 is 16.2 Å². The van der Waals surface area contributed by atoms with Gasteiger partial charge in [0.2, 0.25) is 5.91 Å². The Balaban J connectivity index is 0.00000289. The second-order valence-corrected chi connectivity index (χ2v) is 5.25. The summed E-state index contributed by atoms with van der Waals surface area (Å²) < 4.78 is 0. The molecule has 2 unspecified atom stereocenters. The molecule has 1 fully saturated rings. The molecule has 18 heavy (non-hydrogen) atoms. The van der Waals surface area contributed by atoms with Crippen LogP contribution in [0.25, 0.3) is 0 Å². The first-order valence-electron chi connectivity index (χ1n) is 6.16. The Morgan fingerprint density at radius 2 is 2.17 bits per heavy atom. The van der Waals surface area contributed by atoms with Crippen molar-refractivity contribution in [1.82, 2.24) is 5.32 Å². The minimum atomic E-state index is -1.02. The zero-order valence-electron chi connectivity index (χ0n) is 10.8. The Kier molecular flexibility index (Phi) is 7.25. The van der Waals surface area contributed by atoms with Crippen LogP contribution in [-0.4, -0.2) is 30.1 Å². The minimum absolute atomic E-state index is 0. The van der Waals surface area contributed by atoms with E-state index in [1.807, 2.05) is 0 Å². The van der Waals surface area contributed by atoms with Crippen molar-refractivity contribution >= 4 is 24.3 Å². The lowest BCUT2D eigenvalue weighted by Gasteiger charge is -2.38. The Bertz CT molecular complexity index is 299. The summed E-state index contributed by atoms with van der Waals surface area (Å²) in [5, 5.41) is 10.9. The van der Waals surface area contributed by atoms with Crippen molar-refractivity contribution in [2.45, 2.75) is 39.0 Å². The van der Waals surface area contributed by atoms with Gasteiger partial charge in [-0.2, -0.15) is 0 Å². The molecule has 1 rings (SSSR count). The van der Waals surface area contributed by atoms with Crippen molar-refractivity contribution in [1.29, 1.82) is 0 Å². The zero-order chi connectivity index (χ0) is 12.9. The van der Waals surface area contributed by atoms with Crippen LogP contribution >= 0.6 is 12.4 Å². The third-order valence-corrected chi connectivity index (χ3v) is 3.59. The normalized spacial score (nSPS) is 27.1. The molecule has 1 aliphatic rings. The van der Waals surface area contributed by atoms with Crippen LogP contribution in [0.1, 0.15) is 39.0 Å². The lowest BCUT2D eigenvalue weighted by atomic mass is 9.68. The lowest BCUT2D eigenvalue weighted by Crippen LogP contribution is -2.41. The molecule has 0 aromatic rings. The van der Waals surface area contributed by atoms with Gasteiger partial charge >= 0.3 is 5.97 Å². The van der Waals surface area contributed by atoms with Crippen LogP contribution in [-0.2, 0) is 9.59 Å². The van der Waals surface area contributed by atoms with Gasteiger partial charge in [-0.25, -0.2) is 0 Å². The molecule has 0 aromatic heterocycles. The van der Waals surface area contributed by atoms with Crippen LogP contribution in [0.4, 0.5) is 0 Å². The maximum Gasteiger partial charge on any atom is 0.322 e. The smallest absolute Gasteiger partial charge is 0.322 e. The Morgan fingerprint density at radius 1 is 1.50 bits per heavy atom. The molecule has 0 aliphatic heterocycles. The van der Waals surface area contributed by atoms with Crippen LogP contribution in [0, 0.1) is 11.3 Å².